The van der Waals surface area contributed by atoms with E-state index in [2.05, 4.69) is 61.5 Å². The maximum Gasteiger partial charge on any atom is 0.122 e. The highest BCUT2D eigenvalue weighted by Gasteiger charge is 2.21. The Hall–Kier alpha value is -2.01. The Kier molecular flexibility index (Phi) is 7.53. The number of aliphatic hydroxyl groups is 1. The fourth-order valence-electron chi connectivity index (χ4n) is 3.34. The molecule has 3 aromatic rings. The van der Waals surface area contributed by atoms with Crippen LogP contribution in [0.1, 0.15) is 30.5 Å². The van der Waals surface area contributed by atoms with Crippen LogP contribution in [0, 0.1) is 13.8 Å². The van der Waals surface area contributed by atoms with Gasteiger partial charge in [0, 0.05) is 29.2 Å². The van der Waals surface area contributed by atoms with Crippen molar-refractivity contribution >= 4 is 23.3 Å². The third-order valence-corrected chi connectivity index (χ3v) is 5.11. The standard InChI is InChI=1S/C23H30N2O2.ClH/c1-16-8-7-11-22(17(16)2)27-15-19(26)14-25-23(3,4)12-18-13-24-21-10-6-5-9-20(18)21;/h5-11,13,19,24-26H,12,14-15H2,1-4H3;1H. The molecule has 0 spiro atoms. The molecule has 0 radical (unpaired) electrons. The van der Waals surface area contributed by atoms with Gasteiger partial charge in [-0.1, -0.05) is 30.3 Å². The number of aromatic nitrogens is 1. The number of H-pyrrole nitrogens is 1. The van der Waals surface area contributed by atoms with E-state index in [1.807, 2.05) is 25.1 Å². The fourth-order valence-corrected chi connectivity index (χ4v) is 3.34. The van der Waals surface area contributed by atoms with Crippen molar-refractivity contribution in [1.29, 1.82) is 0 Å². The van der Waals surface area contributed by atoms with Gasteiger partial charge in [0.2, 0.25) is 0 Å². The van der Waals surface area contributed by atoms with Crippen molar-refractivity contribution in [3.8, 4) is 5.75 Å². The largest absolute Gasteiger partial charge is 0.491 e. The molecule has 0 aliphatic carbocycles. The molecule has 1 unspecified atom stereocenters. The monoisotopic (exact) mass is 402 g/mol. The lowest BCUT2D eigenvalue weighted by Gasteiger charge is -2.28. The van der Waals surface area contributed by atoms with Gasteiger partial charge in [0.05, 0.1) is 0 Å². The van der Waals surface area contributed by atoms with Crippen LogP contribution in [0.15, 0.2) is 48.7 Å². The van der Waals surface area contributed by atoms with E-state index in [1.54, 1.807) is 0 Å². The highest BCUT2D eigenvalue weighted by atomic mass is 35.5. The van der Waals surface area contributed by atoms with Gasteiger partial charge in [-0.15, -0.1) is 12.4 Å². The summed E-state index contributed by atoms with van der Waals surface area (Å²) in [7, 11) is 0. The molecule has 1 atom stereocenters. The van der Waals surface area contributed by atoms with E-state index in [0.717, 1.165) is 23.3 Å². The Labute approximate surface area is 173 Å². The lowest BCUT2D eigenvalue weighted by Crippen LogP contribution is -2.46. The molecular weight excluding hydrogens is 372 g/mol. The third-order valence-electron chi connectivity index (χ3n) is 5.11. The van der Waals surface area contributed by atoms with E-state index >= 15 is 0 Å². The zero-order chi connectivity index (χ0) is 19.4. The van der Waals surface area contributed by atoms with Crippen molar-refractivity contribution in [3.05, 3.63) is 65.4 Å². The van der Waals surface area contributed by atoms with Crippen molar-refractivity contribution in [1.82, 2.24) is 10.3 Å². The average Bonchev–Trinajstić information content (AvgIpc) is 3.04. The quantitative estimate of drug-likeness (QED) is 0.517. The summed E-state index contributed by atoms with van der Waals surface area (Å²) in [6.07, 6.45) is 2.39. The molecule has 4 nitrogen and oxygen atoms in total. The first-order valence-electron chi connectivity index (χ1n) is 9.53. The minimum absolute atomic E-state index is 0. The van der Waals surface area contributed by atoms with Gasteiger partial charge in [0.25, 0.3) is 0 Å². The molecule has 5 heteroatoms. The Bertz CT molecular complexity index is 905. The van der Waals surface area contributed by atoms with E-state index in [1.165, 1.54) is 16.5 Å². The summed E-state index contributed by atoms with van der Waals surface area (Å²) in [5.74, 6) is 0.840. The predicted octanol–water partition coefficient (Wildman–Crippen LogP) is 4.56. The molecule has 152 valence electrons. The topological polar surface area (TPSA) is 57.3 Å². The Morgan fingerprint density at radius 1 is 1.11 bits per heavy atom. The maximum absolute atomic E-state index is 10.3. The van der Waals surface area contributed by atoms with Crippen LogP contribution in [0.2, 0.25) is 0 Å². The summed E-state index contributed by atoms with van der Waals surface area (Å²) in [6.45, 7) is 9.19. The highest BCUT2D eigenvalue weighted by Crippen LogP contribution is 2.23. The van der Waals surface area contributed by atoms with E-state index in [9.17, 15) is 5.11 Å². The molecule has 3 N–H and O–H groups in total. The van der Waals surface area contributed by atoms with Crippen molar-refractivity contribution in [3.63, 3.8) is 0 Å². The van der Waals surface area contributed by atoms with Crippen LogP contribution in [-0.4, -0.2) is 34.9 Å². The summed E-state index contributed by atoms with van der Waals surface area (Å²) in [6, 6.07) is 14.3. The van der Waals surface area contributed by atoms with E-state index < -0.39 is 6.10 Å². The van der Waals surface area contributed by atoms with Crippen LogP contribution in [0.4, 0.5) is 0 Å². The summed E-state index contributed by atoms with van der Waals surface area (Å²) < 4.78 is 5.81. The van der Waals surface area contributed by atoms with Gasteiger partial charge in [-0.25, -0.2) is 0 Å². The summed E-state index contributed by atoms with van der Waals surface area (Å²) >= 11 is 0. The lowest BCUT2D eigenvalue weighted by molar-refractivity contribution is 0.0985. The number of benzene rings is 2. The molecule has 1 aromatic heterocycles. The first kappa shape index (κ1) is 22.3. The molecule has 0 bridgehead atoms. The van der Waals surface area contributed by atoms with E-state index in [-0.39, 0.29) is 24.6 Å². The Balaban J connectivity index is 0.00000280. The number of para-hydroxylation sites is 1. The van der Waals surface area contributed by atoms with Crippen LogP contribution < -0.4 is 10.1 Å². The first-order chi connectivity index (χ1) is 12.9. The summed E-state index contributed by atoms with van der Waals surface area (Å²) in [5, 5.41) is 15.1. The number of nitrogens with one attached hydrogen (secondary N) is 2. The maximum atomic E-state index is 10.3. The molecule has 0 amide bonds. The molecule has 0 aliphatic heterocycles. The van der Waals surface area contributed by atoms with Gasteiger partial charge in [-0.2, -0.15) is 0 Å². The average molecular weight is 403 g/mol. The lowest BCUT2D eigenvalue weighted by atomic mass is 9.94. The van der Waals surface area contributed by atoms with Crippen molar-refractivity contribution < 1.29 is 9.84 Å². The zero-order valence-electron chi connectivity index (χ0n) is 17.1. The normalized spacial score (nSPS) is 12.6. The van der Waals surface area contributed by atoms with Gasteiger partial charge in [0.1, 0.15) is 18.5 Å². The molecule has 2 aromatic carbocycles. The SMILES string of the molecule is Cc1cccc(OCC(O)CNC(C)(C)Cc2c[nH]c3ccccc23)c1C.Cl. The molecule has 3 rings (SSSR count). The van der Waals surface area contributed by atoms with Gasteiger partial charge in [-0.3, -0.25) is 0 Å². The highest BCUT2D eigenvalue weighted by molar-refractivity contribution is 5.85. The molecule has 1 heterocycles. The predicted molar refractivity (Wildman–Crippen MR) is 119 cm³/mol. The number of aromatic amines is 1. The minimum Gasteiger partial charge on any atom is -0.491 e. The van der Waals surface area contributed by atoms with Crippen LogP contribution >= 0.6 is 12.4 Å². The van der Waals surface area contributed by atoms with E-state index in [0.29, 0.717) is 6.54 Å². The van der Waals surface area contributed by atoms with E-state index in [4.69, 9.17) is 4.74 Å². The zero-order valence-corrected chi connectivity index (χ0v) is 17.9. The number of hydrogen-bond donors (Lipinski definition) is 3. The second-order valence-corrected chi connectivity index (χ2v) is 7.96. The molecular formula is C23H31ClN2O2. The molecule has 0 saturated heterocycles. The second-order valence-electron chi connectivity index (χ2n) is 7.96. The summed E-state index contributed by atoms with van der Waals surface area (Å²) in [4.78, 5) is 3.33. The number of aryl methyl sites for hydroxylation is 1. The van der Waals surface area contributed by atoms with Crippen LogP contribution in [0.5, 0.6) is 5.75 Å². The Morgan fingerprint density at radius 2 is 1.86 bits per heavy atom. The second kappa shape index (κ2) is 9.46. The van der Waals surface area contributed by atoms with Crippen LogP contribution in [-0.2, 0) is 6.42 Å². The van der Waals surface area contributed by atoms with Crippen molar-refractivity contribution in [2.45, 2.75) is 45.8 Å². The number of fused-ring (bicyclic) bond motifs is 1. The Morgan fingerprint density at radius 3 is 2.64 bits per heavy atom. The first-order valence-corrected chi connectivity index (χ1v) is 9.53. The van der Waals surface area contributed by atoms with Crippen molar-refractivity contribution in [2.24, 2.45) is 0 Å². The number of rotatable bonds is 8. The molecule has 0 saturated carbocycles. The number of halogens is 1. The number of ether oxygens (including phenoxy) is 1. The molecule has 0 fully saturated rings. The molecule has 28 heavy (non-hydrogen) atoms. The van der Waals surface area contributed by atoms with Crippen LogP contribution in [0.25, 0.3) is 10.9 Å². The van der Waals surface area contributed by atoms with Gasteiger partial charge in [0.15, 0.2) is 0 Å². The number of β-amino-alcohol motifs (C(OH)–C–C–N with tert-alkyl or cyclic N) is 1. The summed E-state index contributed by atoms with van der Waals surface area (Å²) in [5.41, 5.74) is 4.62. The van der Waals surface area contributed by atoms with Gasteiger partial charge < -0.3 is 20.1 Å². The van der Waals surface area contributed by atoms with Crippen molar-refractivity contribution in [2.75, 3.05) is 13.2 Å². The minimum atomic E-state index is -0.563. The van der Waals surface area contributed by atoms with Crippen LogP contribution in [0.3, 0.4) is 0 Å². The smallest absolute Gasteiger partial charge is 0.122 e. The van der Waals surface area contributed by atoms with Gasteiger partial charge >= 0.3 is 0 Å². The fraction of sp³-hybridized carbons (Fsp3) is 0.391. The third kappa shape index (κ3) is 5.51. The van der Waals surface area contributed by atoms with Gasteiger partial charge in [-0.05, 0) is 62.9 Å². The number of hydrogen-bond acceptors (Lipinski definition) is 3. The molecule has 0 aliphatic rings. The number of aliphatic hydroxyl groups excluding tert-OH is 1.